The number of aromatic nitrogens is 3. The standard InChI is InChI=1S/C25H26N6O4S.CH4O3S/c1-34-20-13-19-22(21(23(20)35-2)18-8-4-5-11-27-18)24(26)29-25(28-19)31-12-10-16-15(14-31)7-6-9-17(16)30-36(3,32)33;1-5(2,3)4/h4-9,11,13,30H,10,12,14H2,1-3H3,(H2,26,28,29);1H3,(H,2,3,4). The Labute approximate surface area is 238 Å². The molecule has 218 valence electrons. The van der Waals surface area contributed by atoms with E-state index in [0.29, 0.717) is 76.9 Å². The van der Waals surface area contributed by atoms with E-state index in [0.717, 1.165) is 17.4 Å². The van der Waals surface area contributed by atoms with Gasteiger partial charge in [-0.2, -0.15) is 13.4 Å². The van der Waals surface area contributed by atoms with Gasteiger partial charge >= 0.3 is 0 Å². The first-order valence-electron chi connectivity index (χ1n) is 12.2. The summed E-state index contributed by atoms with van der Waals surface area (Å²) in [7, 11) is -3.90. The van der Waals surface area contributed by atoms with Crippen molar-refractivity contribution in [1.82, 2.24) is 15.0 Å². The van der Waals surface area contributed by atoms with Gasteiger partial charge in [0.15, 0.2) is 11.5 Å². The summed E-state index contributed by atoms with van der Waals surface area (Å²) < 4.78 is 63.3. The second-order valence-corrected chi connectivity index (χ2v) is 12.4. The van der Waals surface area contributed by atoms with Crippen LogP contribution in [0.2, 0.25) is 0 Å². The highest BCUT2D eigenvalue weighted by molar-refractivity contribution is 7.92. The van der Waals surface area contributed by atoms with E-state index in [4.69, 9.17) is 24.7 Å². The van der Waals surface area contributed by atoms with Gasteiger partial charge in [-0.15, -0.1) is 0 Å². The molecule has 0 unspecified atom stereocenters. The molecular weight excluding hydrogens is 572 g/mol. The minimum absolute atomic E-state index is 0.301. The Kier molecular flexibility index (Phi) is 8.51. The van der Waals surface area contributed by atoms with Crippen LogP contribution in [-0.2, 0) is 33.1 Å². The van der Waals surface area contributed by atoms with Crippen molar-refractivity contribution in [2.45, 2.75) is 13.0 Å². The molecule has 41 heavy (non-hydrogen) atoms. The summed E-state index contributed by atoms with van der Waals surface area (Å²) in [5.41, 5.74) is 11.0. The SMILES string of the molecule is COc1cc2nc(N3CCc4c(cccc4NS(C)(=O)=O)C3)nc(N)c2c(-c2ccccn2)c1OC.CS(=O)(=O)O. The Hall–Kier alpha value is -4.21. The maximum absolute atomic E-state index is 11.8. The third kappa shape index (κ3) is 7.11. The number of benzene rings is 2. The molecule has 3 heterocycles. The van der Waals surface area contributed by atoms with Gasteiger partial charge in [-0.1, -0.05) is 18.2 Å². The lowest BCUT2D eigenvalue weighted by atomic mass is 9.98. The number of nitrogens with two attached hydrogens (primary N) is 1. The monoisotopic (exact) mass is 602 g/mol. The highest BCUT2D eigenvalue weighted by Gasteiger charge is 2.25. The van der Waals surface area contributed by atoms with Crippen LogP contribution in [0, 0.1) is 0 Å². The molecule has 0 saturated heterocycles. The second-order valence-electron chi connectivity index (χ2n) is 9.23. The lowest BCUT2D eigenvalue weighted by molar-refractivity contribution is 0.357. The molecule has 0 atom stereocenters. The number of methoxy groups -OCH3 is 2. The fourth-order valence-corrected chi connectivity index (χ4v) is 5.19. The molecular formula is C26H30N6O7S2. The zero-order valence-electron chi connectivity index (χ0n) is 22.8. The van der Waals surface area contributed by atoms with Gasteiger partial charge in [-0.3, -0.25) is 14.3 Å². The summed E-state index contributed by atoms with van der Waals surface area (Å²) in [6, 6.07) is 13.0. The number of fused-ring (bicyclic) bond motifs is 2. The van der Waals surface area contributed by atoms with E-state index < -0.39 is 20.1 Å². The molecule has 2 aromatic carbocycles. The maximum atomic E-state index is 11.8. The van der Waals surface area contributed by atoms with Crippen LogP contribution in [-0.4, -0.2) is 69.6 Å². The number of sulfonamides is 1. The summed E-state index contributed by atoms with van der Waals surface area (Å²) in [5.74, 6) is 1.79. The molecule has 0 fully saturated rings. The van der Waals surface area contributed by atoms with E-state index in [2.05, 4.69) is 14.7 Å². The first-order valence-corrected chi connectivity index (χ1v) is 15.9. The molecule has 0 saturated carbocycles. The van der Waals surface area contributed by atoms with Crippen molar-refractivity contribution in [3.05, 3.63) is 59.8 Å². The molecule has 4 aromatic rings. The number of nitrogen functional groups attached to an aromatic ring is 1. The van der Waals surface area contributed by atoms with E-state index in [1.165, 1.54) is 0 Å². The van der Waals surface area contributed by atoms with E-state index in [-0.39, 0.29) is 0 Å². The topological polar surface area (TPSA) is 187 Å². The Balaban J connectivity index is 0.000000714. The molecule has 2 aromatic heterocycles. The summed E-state index contributed by atoms with van der Waals surface area (Å²) in [6.45, 7) is 1.11. The number of hydrogen-bond acceptors (Lipinski definition) is 11. The number of anilines is 3. The minimum atomic E-state index is -3.67. The molecule has 4 N–H and O–H groups in total. The second kappa shape index (κ2) is 11.7. The van der Waals surface area contributed by atoms with Gasteiger partial charge in [0.2, 0.25) is 16.0 Å². The van der Waals surface area contributed by atoms with Gasteiger partial charge in [0, 0.05) is 25.4 Å². The first-order chi connectivity index (χ1) is 19.3. The fourth-order valence-electron chi connectivity index (χ4n) is 4.60. The van der Waals surface area contributed by atoms with Crippen LogP contribution in [0.25, 0.3) is 22.2 Å². The third-order valence-corrected chi connectivity index (χ3v) is 6.70. The average Bonchev–Trinajstić information content (AvgIpc) is 2.90. The van der Waals surface area contributed by atoms with Crippen LogP contribution < -0.4 is 24.8 Å². The fraction of sp³-hybridized carbons (Fsp3) is 0.269. The highest BCUT2D eigenvalue weighted by Crippen LogP contribution is 2.44. The minimum Gasteiger partial charge on any atom is -0.493 e. The van der Waals surface area contributed by atoms with Gasteiger partial charge in [0.05, 0.1) is 54.6 Å². The zero-order valence-corrected chi connectivity index (χ0v) is 24.5. The van der Waals surface area contributed by atoms with E-state index in [1.54, 1.807) is 32.5 Å². The van der Waals surface area contributed by atoms with Gasteiger partial charge < -0.3 is 20.1 Å². The predicted octanol–water partition coefficient (Wildman–Crippen LogP) is 2.73. The number of nitrogens with zero attached hydrogens (tertiary/aromatic N) is 4. The van der Waals surface area contributed by atoms with Crippen molar-refractivity contribution in [2.75, 3.05) is 48.6 Å². The number of nitrogens with one attached hydrogen (secondary N) is 1. The van der Waals surface area contributed by atoms with Crippen LogP contribution in [0.5, 0.6) is 11.5 Å². The molecule has 0 aliphatic carbocycles. The Morgan fingerprint density at radius 3 is 2.37 bits per heavy atom. The Bertz CT molecular complexity index is 1790. The summed E-state index contributed by atoms with van der Waals surface area (Å²) in [4.78, 5) is 16.0. The lowest BCUT2D eigenvalue weighted by Gasteiger charge is -2.30. The number of hydrogen-bond donors (Lipinski definition) is 3. The molecule has 0 radical (unpaired) electrons. The smallest absolute Gasteiger partial charge is 0.261 e. The van der Waals surface area contributed by atoms with Crippen molar-refractivity contribution in [1.29, 1.82) is 0 Å². The summed E-state index contributed by atoms with van der Waals surface area (Å²) in [6.07, 6.45) is 4.19. The summed E-state index contributed by atoms with van der Waals surface area (Å²) in [5, 5.41) is 0.632. The van der Waals surface area contributed by atoms with Crippen LogP contribution in [0.1, 0.15) is 11.1 Å². The van der Waals surface area contributed by atoms with Gasteiger partial charge in [0.1, 0.15) is 5.82 Å². The maximum Gasteiger partial charge on any atom is 0.261 e. The number of ether oxygens (including phenoxy) is 2. The van der Waals surface area contributed by atoms with E-state index >= 15 is 0 Å². The van der Waals surface area contributed by atoms with Gasteiger partial charge in [0.25, 0.3) is 10.1 Å². The number of pyridine rings is 1. The molecule has 1 aliphatic heterocycles. The van der Waals surface area contributed by atoms with E-state index in [9.17, 15) is 16.8 Å². The van der Waals surface area contributed by atoms with Crippen LogP contribution in [0.3, 0.4) is 0 Å². The molecule has 1 aliphatic rings. The molecule has 0 spiro atoms. The molecule has 15 heteroatoms. The average molecular weight is 603 g/mol. The van der Waals surface area contributed by atoms with Crippen molar-refractivity contribution in [3.63, 3.8) is 0 Å². The molecule has 13 nitrogen and oxygen atoms in total. The quantitative estimate of drug-likeness (QED) is 0.274. The van der Waals surface area contributed by atoms with E-state index in [1.807, 2.05) is 35.2 Å². The Morgan fingerprint density at radius 1 is 1.02 bits per heavy atom. The van der Waals surface area contributed by atoms with Crippen molar-refractivity contribution < 1.29 is 30.9 Å². The molecule has 0 bridgehead atoms. The normalized spacial score (nSPS) is 13.1. The zero-order chi connectivity index (χ0) is 29.9. The molecule has 0 amide bonds. The highest BCUT2D eigenvalue weighted by atomic mass is 32.2. The van der Waals surface area contributed by atoms with Gasteiger partial charge in [-0.05, 0) is 35.7 Å². The third-order valence-electron chi connectivity index (χ3n) is 6.11. The molecule has 5 rings (SSSR count). The predicted molar refractivity (Wildman–Crippen MR) is 157 cm³/mol. The van der Waals surface area contributed by atoms with Crippen LogP contribution >= 0.6 is 0 Å². The van der Waals surface area contributed by atoms with Crippen molar-refractivity contribution in [3.8, 4) is 22.8 Å². The van der Waals surface area contributed by atoms with Crippen molar-refractivity contribution in [2.24, 2.45) is 0 Å². The lowest BCUT2D eigenvalue weighted by Crippen LogP contribution is -2.32. The first kappa shape index (κ1) is 29.8. The van der Waals surface area contributed by atoms with Crippen LogP contribution in [0.4, 0.5) is 17.5 Å². The summed E-state index contributed by atoms with van der Waals surface area (Å²) >= 11 is 0. The Morgan fingerprint density at radius 2 is 1.76 bits per heavy atom. The van der Waals surface area contributed by atoms with Crippen LogP contribution in [0.15, 0.2) is 48.7 Å². The van der Waals surface area contributed by atoms with Crippen molar-refractivity contribution >= 4 is 48.5 Å². The number of rotatable bonds is 6. The largest absolute Gasteiger partial charge is 0.493 e. The van der Waals surface area contributed by atoms with Gasteiger partial charge in [-0.25, -0.2) is 13.4 Å².